The van der Waals surface area contributed by atoms with Crippen molar-refractivity contribution in [2.45, 2.75) is 66.0 Å². The average Bonchev–Trinajstić information content (AvgIpc) is 2.93. The largest absolute Gasteiger partial charge is 0.444 e. The average molecular weight is 642 g/mol. The molecule has 1 atom stereocenters. The van der Waals surface area contributed by atoms with Gasteiger partial charge in [0.05, 0.1) is 27.5 Å². The summed E-state index contributed by atoms with van der Waals surface area (Å²) in [7, 11) is 0. The number of carbonyl (C=O) groups is 1. The summed E-state index contributed by atoms with van der Waals surface area (Å²) in [5.74, 6) is -0.207. The third-order valence-electron chi connectivity index (χ3n) is 7.46. The number of fused-ring (bicyclic) bond motifs is 1. The zero-order valence-electron chi connectivity index (χ0n) is 25.8. The van der Waals surface area contributed by atoms with Crippen LogP contribution >= 0.6 is 23.2 Å². The molecule has 9 nitrogen and oxygen atoms in total. The van der Waals surface area contributed by atoms with Crippen LogP contribution in [0.15, 0.2) is 41.3 Å². The highest BCUT2D eigenvalue weighted by molar-refractivity contribution is 6.34. The second kappa shape index (κ2) is 12.0. The van der Waals surface area contributed by atoms with E-state index in [0.29, 0.717) is 47.2 Å². The Balaban J connectivity index is 1.73. The van der Waals surface area contributed by atoms with Gasteiger partial charge >= 0.3 is 11.8 Å². The van der Waals surface area contributed by atoms with E-state index in [-0.39, 0.29) is 33.9 Å². The number of hydrogen-bond acceptors (Lipinski definition) is 7. The number of benzene rings is 1. The first-order valence-corrected chi connectivity index (χ1v) is 15.2. The van der Waals surface area contributed by atoms with Crippen molar-refractivity contribution in [1.29, 1.82) is 0 Å². The molecule has 0 unspecified atom stereocenters. The van der Waals surface area contributed by atoms with Crippen LogP contribution in [-0.4, -0.2) is 61.8 Å². The number of amides is 1. The zero-order chi connectivity index (χ0) is 32.1. The second-order valence-electron chi connectivity index (χ2n) is 12.4. The Hall–Kier alpha value is -3.76. The van der Waals surface area contributed by atoms with Crippen molar-refractivity contribution in [3.05, 3.63) is 74.1 Å². The van der Waals surface area contributed by atoms with Crippen molar-refractivity contribution >= 4 is 46.1 Å². The molecule has 1 aliphatic heterocycles. The molecule has 12 heteroatoms. The van der Waals surface area contributed by atoms with Gasteiger partial charge in [-0.3, -0.25) is 4.98 Å². The van der Waals surface area contributed by atoms with Crippen LogP contribution in [0.2, 0.25) is 10.0 Å². The number of pyridine rings is 2. The number of rotatable bonds is 4. The molecule has 5 rings (SSSR count). The molecular formula is C32H35Cl2FN6O3. The molecule has 44 heavy (non-hydrogen) atoms. The summed E-state index contributed by atoms with van der Waals surface area (Å²) < 4.78 is 22.1. The number of piperazine rings is 1. The molecule has 232 valence electrons. The maximum absolute atomic E-state index is 15.1. The summed E-state index contributed by atoms with van der Waals surface area (Å²) in [5.41, 5.74) is 1.35. The predicted molar refractivity (Wildman–Crippen MR) is 172 cm³/mol. The minimum Gasteiger partial charge on any atom is -0.444 e. The van der Waals surface area contributed by atoms with Crippen LogP contribution in [0.4, 0.5) is 15.0 Å². The predicted octanol–water partition coefficient (Wildman–Crippen LogP) is 7.17. The van der Waals surface area contributed by atoms with E-state index in [1.165, 1.54) is 22.8 Å². The lowest BCUT2D eigenvalue weighted by atomic mass is 10.0. The smallest absolute Gasteiger partial charge is 0.410 e. The zero-order valence-corrected chi connectivity index (χ0v) is 27.3. The van der Waals surface area contributed by atoms with E-state index in [4.69, 9.17) is 32.9 Å². The molecule has 1 fully saturated rings. The normalized spacial score (nSPS) is 15.8. The summed E-state index contributed by atoms with van der Waals surface area (Å²) in [5, 5.41) is 0.976. The molecule has 1 amide bonds. The Morgan fingerprint density at radius 1 is 1.11 bits per heavy atom. The molecule has 0 radical (unpaired) electrons. The number of ether oxygens (including phenoxy) is 1. The molecule has 0 spiro atoms. The molecule has 3 aromatic heterocycles. The van der Waals surface area contributed by atoms with Crippen molar-refractivity contribution in [1.82, 2.24) is 24.4 Å². The molecular weight excluding hydrogens is 606 g/mol. The van der Waals surface area contributed by atoms with Gasteiger partial charge in [0, 0.05) is 42.5 Å². The number of hydrogen-bond donors (Lipinski definition) is 0. The Morgan fingerprint density at radius 2 is 1.84 bits per heavy atom. The van der Waals surface area contributed by atoms with E-state index in [1.807, 2.05) is 59.4 Å². The van der Waals surface area contributed by atoms with E-state index in [2.05, 4.69) is 9.97 Å². The molecule has 0 N–H and O–H groups in total. The molecule has 4 aromatic rings. The van der Waals surface area contributed by atoms with Gasteiger partial charge in [-0.2, -0.15) is 4.98 Å². The van der Waals surface area contributed by atoms with Crippen molar-refractivity contribution in [2.75, 3.05) is 24.5 Å². The van der Waals surface area contributed by atoms with Gasteiger partial charge in [-0.1, -0.05) is 37.0 Å². The van der Waals surface area contributed by atoms with Crippen LogP contribution < -0.4 is 10.6 Å². The van der Waals surface area contributed by atoms with Gasteiger partial charge in [0.1, 0.15) is 17.2 Å². The SMILES string of the molecule is Cc1ccnc(C(C)C)c1-n1c(=O)nc(N2CCN(C(=O)OC(C)(C)C)C[C@@H]2C)c2cc(Cl)c(-c3cc(Cl)ccc3F)nc21. The highest BCUT2D eigenvalue weighted by Crippen LogP contribution is 2.37. The minimum absolute atomic E-state index is 0.0235. The van der Waals surface area contributed by atoms with Crippen LogP contribution in [0.1, 0.15) is 58.7 Å². The third kappa shape index (κ3) is 6.10. The first kappa shape index (κ1) is 31.7. The van der Waals surface area contributed by atoms with Crippen molar-refractivity contribution in [2.24, 2.45) is 0 Å². The summed E-state index contributed by atoms with van der Waals surface area (Å²) in [4.78, 5) is 44.5. The molecule has 0 bridgehead atoms. The van der Waals surface area contributed by atoms with Gasteiger partial charge in [-0.15, -0.1) is 0 Å². The minimum atomic E-state index is -0.623. The number of nitrogens with zero attached hydrogens (tertiary/aromatic N) is 6. The van der Waals surface area contributed by atoms with Crippen molar-refractivity contribution in [3.8, 4) is 16.9 Å². The Labute approximate surface area is 265 Å². The van der Waals surface area contributed by atoms with Gasteiger partial charge in [-0.05, 0) is 76.4 Å². The van der Waals surface area contributed by atoms with Crippen molar-refractivity contribution < 1.29 is 13.9 Å². The van der Waals surface area contributed by atoms with Crippen molar-refractivity contribution in [3.63, 3.8) is 0 Å². The van der Waals surface area contributed by atoms with E-state index >= 15 is 4.39 Å². The molecule has 1 aliphatic rings. The highest BCUT2D eigenvalue weighted by Gasteiger charge is 2.33. The van der Waals surface area contributed by atoms with Crippen LogP contribution in [0.3, 0.4) is 0 Å². The summed E-state index contributed by atoms with van der Waals surface area (Å²) in [6.45, 7) is 14.4. The quantitative estimate of drug-likeness (QED) is 0.233. The summed E-state index contributed by atoms with van der Waals surface area (Å²) in [6.07, 6.45) is 1.30. The summed E-state index contributed by atoms with van der Waals surface area (Å²) in [6, 6.07) is 7.40. The van der Waals surface area contributed by atoms with Crippen LogP contribution in [0.5, 0.6) is 0 Å². The fourth-order valence-corrected chi connectivity index (χ4v) is 5.87. The first-order valence-electron chi connectivity index (χ1n) is 14.5. The maximum atomic E-state index is 15.1. The second-order valence-corrected chi connectivity index (χ2v) is 13.2. The lowest BCUT2D eigenvalue weighted by Gasteiger charge is -2.41. The lowest BCUT2D eigenvalue weighted by Crippen LogP contribution is -2.55. The van der Waals surface area contributed by atoms with Gasteiger partial charge in [0.25, 0.3) is 0 Å². The van der Waals surface area contributed by atoms with E-state index in [9.17, 15) is 9.59 Å². The first-order chi connectivity index (χ1) is 20.7. The standard InChI is InChI=1S/C32H35Cl2FN6O3/c1-17(2)25-27(18(3)10-11-36-25)41-29-22(15-23(34)26(37-29)21-14-20(33)8-9-24(21)35)28(38-30(41)42)40-13-12-39(16-19(40)4)31(43)44-32(5,6)7/h8-11,14-15,17,19H,12-13,16H2,1-7H3/t19-/m0/s1. The lowest BCUT2D eigenvalue weighted by molar-refractivity contribution is 0.0218. The van der Waals surface area contributed by atoms with Gasteiger partial charge < -0.3 is 14.5 Å². The Kier molecular flexibility index (Phi) is 8.61. The number of aryl methyl sites for hydroxylation is 1. The monoisotopic (exact) mass is 640 g/mol. The molecule has 4 heterocycles. The third-order valence-corrected chi connectivity index (χ3v) is 7.98. The molecule has 0 aliphatic carbocycles. The van der Waals surface area contributed by atoms with Crippen LogP contribution in [0.25, 0.3) is 28.0 Å². The highest BCUT2D eigenvalue weighted by atomic mass is 35.5. The van der Waals surface area contributed by atoms with Gasteiger partial charge in [-0.25, -0.2) is 23.5 Å². The summed E-state index contributed by atoms with van der Waals surface area (Å²) >= 11 is 13.0. The molecule has 0 saturated carbocycles. The van der Waals surface area contributed by atoms with E-state index in [1.54, 1.807) is 17.2 Å². The van der Waals surface area contributed by atoms with Gasteiger partial charge in [0.2, 0.25) is 0 Å². The fraction of sp³-hybridized carbons (Fsp3) is 0.406. The number of anilines is 1. The van der Waals surface area contributed by atoms with E-state index < -0.39 is 23.2 Å². The Morgan fingerprint density at radius 3 is 2.50 bits per heavy atom. The maximum Gasteiger partial charge on any atom is 0.410 e. The Bertz CT molecular complexity index is 1820. The number of carbonyl (C=O) groups excluding carboxylic acids is 1. The molecule has 1 aromatic carbocycles. The van der Waals surface area contributed by atoms with Crippen LogP contribution in [-0.2, 0) is 4.74 Å². The number of halogens is 3. The number of aromatic nitrogens is 4. The van der Waals surface area contributed by atoms with Gasteiger partial charge in [0.15, 0.2) is 5.65 Å². The topological polar surface area (TPSA) is 93.5 Å². The van der Waals surface area contributed by atoms with Crippen LogP contribution in [0, 0.1) is 12.7 Å². The van der Waals surface area contributed by atoms with E-state index in [0.717, 1.165) is 5.56 Å². The fourth-order valence-electron chi connectivity index (χ4n) is 5.44. The molecule has 1 saturated heterocycles.